The summed E-state index contributed by atoms with van der Waals surface area (Å²) in [6.45, 7) is 12.5. The van der Waals surface area contributed by atoms with E-state index in [1.165, 1.54) is 12.0 Å². The number of hydrogen-bond acceptors (Lipinski definition) is 4. The smallest absolute Gasteiger partial charge is 0.108 e. The van der Waals surface area contributed by atoms with E-state index in [1.807, 2.05) is 25.5 Å². The lowest BCUT2D eigenvalue weighted by Crippen LogP contribution is -2.42. The molecule has 3 heterocycles. The van der Waals surface area contributed by atoms with E-state index in [9.17, 15) is 0 Å². The molecule has 28 heavy (non-hydrogen) atoms. The number of rotatable bonds is 8. The van der Waals surface area contributed by atoms with E-state index in [2.05, 4.69) is 59.4 Å². The van der Waals surface area contributed by atoms with E-state index >= 15 is 0 Å². The maximum atomic E-state index is 5.94. The molecule has 6 heteroatoms. The fourth-order valence-corrected chi connectivity index (χ4v) is 4.15. The average Bonchev–Trinajstić information content (AvgIpc) is 3.26. The van der Waals surface area contributed by atoms with Crippen molar-refractivity contribution in [3.63, 3.8) is 0 Å². The maximum absolute atomic E-state index is 5.94. The van der Waals surface area contributed by atoms with Crippen molar-refractivity contribution in [1.29, 1.82) is 0 Å². The quantitative estimate of drug-likeness (QED) is 0.660. The van der Waals surface area contributed by atoms with Crippen LogP contribution >= 0.6 is 12.4 Å². The number of aryl methyl sites for hydroxylation is 3. The topological polar surface area (TPSA) is 43.2 Å². The second-order valence-corrected chi connectivity index (χ2v) is 8.51. The molecule has 1 atom stereocenters. The van der Waals surface area contributed by atoms with Crippen LogP contribution in [0, 0.1) is 12.3 Å². The Morgan fingerprint density at radius 2 is 2.04 bits per heavy atom. The lowest BCUT2D eigenvalue weighted by atomic mass is 9.82. The monoisotopic (exact) mass is 406 g/mol. The van der Waals surface area contributed by atoms with E-state index < -0.39 is 0 Å². The van der Waals surface area contributed by atoms with Crippen LogP contribution in [0.3, 0.4) is 0 Å². The van der Waals surface area contributed by atoms with Gasteiger partial charge in [0, 0.05) is 61.9 Å². The van der Waals surface area contributed by atoms with Crippen LogP contribution in [0.4, 0.5) is 0 Å². The Hall–Kier alpha value is -1.43. The van der Waals surface area contributed by atoms with Crippen LogP contribution in [-0.2, 0) is 23.7 Å². The maximum Gasteiger partial charge on any atom is 0.108 e. The Morgan fingerprint density at radius 3 is 2.64 bits per heavy atom. The van der Waals surface area contributed by atoms with E-state index in [4.69, 9.17) is 4.74 Å². The summed E-state index contributed by atoms with van der Waals surface area (Å²) in [5, 5.41) is 0. The molecule has 1 aliphatic heterocycles. The Kier molecular flexibility index (Phi) is 7.66. The molecule has 0 spiro atoms. The largest absolute Gasteiger partial charge is 0.381 e. The summed E-state index contributed by atoms with van der Waals surface area (Å²) in [6.07, 6.45) is 9.22. The molecule has 0 aliphatic carbocycles. The van der Waals surface area contributed by atoms with Gasteiger partial charge in [0.25, 0.3) is 0 Å². The standard InChI is InChI=1S/C22H34N4O.ClH/c1-6-27-17-22(10-9-20-23-12-14-25(20)5)11-13-26(16-22)21(3,4)19-8-7-18(2)24-15-19;/h7-8,12,14-15H,6,9-11,13,16-17H2,1-5H3;1H/t22-;/m0./s1. The van der Waals surface area contributed by atoms with Gasteiger partial charge in [0.2, 0.25) is 0 Å². The van der Waals surface area contributed by atoms with Gasteiger partial charge in [-0.2, -0.15) is 0 Å². The summed E-state index contributed by atoms with van der Waals surface area (Å²) in [7, 11) is 2.08. The van der Waals surface area contributed by atoms with Gasteiger partial charge in [0.05, 0.1) is 6.61 Å². The molecular weight excluding hydrogens is 372 g/mol. The SMILES string of the molecule is CCOC[C@@]1(CCc2nccn2C)CCN(C(C)(C)c2ccc(C)nc2)C1.Cl. The van der Waals surface area contributed by atoms with Crippen molar-refractivity contribution in [3.05, 3.63) is 47.8 Å². The molecule has 156 valence electrons. The predicted octanol–water partition coefficient (Wildman–Crippen LogP) is 4.14. The van der Waals surface area contributed by atoms with Crippen molar-refractivity contribution >= 4 is 12.4 Å². The Bertz CT molecular complexity index is 743. The molecule has 0 amide bonds. The van der Waals surface area contributed by atoms with Crippen molar-refractivity contribution in [2.75, 3.05) is 26.3 Å². The third kappa shape index (κ3) is 4.94. The summed E-state index contributed by atoms with van der Waals surface area (Å²) in [5.74, 6) is 1.16. The molecule has 5 nitrogen and oxygen atoms in total. The van der Waals surface area contributed by atoms with E-state index in [1.54, 1.807) is 0 Å². The van der Waals surface area contributed by atoms with Crippen molar-refractivity contribution in [2.45, 2.75) is 52.5 Å². The lowest BCUT2D eigenvalue weighted by Gasteiger charge is -2.38. The molecule has 1 saturated heterocycles. The number of pyridine rings is 1. The molecule has 0 aromatic carbocycles. The van der Waals surface area contributed by atoms with Gasteiger partial charge in [-0.15, -0.1) is 12.4 Å². The molecule has 0 bridgehead atoms. The van der Waals surface area contributed by atoms with E-state index in [0.717, 1.165) is 50.7 Å². The normalized spacial score (nSPS) is 20.3. The van der Waals surface area contributed by atoms with Gasteiger partial charge >= 0.3 is 0 Å². The highest BCUT2D eigenvalue weighted by molar-refractivity contribution is 5.85. The Labute approximate surface area is 175 Å². The fraction of sp³-hybridized carbons (Fsp3) is 0.636. The second kappa shape index (κ2) is 9.38. The van der Waals surface area contributed by atoms with Crippen LogP contribution in [0.1, 0.15) is 50.7 Å². The summed E-state index contributed by atoms with van der Waals surface area (Å²) >= 11 is 0. The zero-order chi connectivity index (χ0) is 19.5. The lowest BCUT2D eigenvalue weighted by molar-refractivity contribution is 0.0381. The third-order valence-electron chi connectivity index (χ3n) is 6.26. The predicted molar refractivity (Wildman–Crippen MR) is 116 cm³/mol. The minimum atomic E-state index is -0.0299. The summed E-state index contributed by atoms with van der Waals surface area (Å²) in [6, 6.07) is 4.33. The molecular formula is C22H35ClN4O. The number of aromatic nitrogens is 3. The van der Waals surface area contributed by atoms with Gasteiger partial charge in [-0.25, -0.2) is 4.98 Å². The first-order chi connectivity index (χ1) is 12.9. The van der Waals surface area contributed by atoms with Gasteiger partial charge in [-0.05, 0) is 58.7 Å². The van der Waals surface area contributed by atoms with Gasteiger partial charge < -0.3 is 9.30 Å². The molecule has 1 aliphatic rings. The van der Waals surface area contributed by atoms with Crippen molar-refractivity contribution in [1.82, 2.24) is 19.4 Å². The van der Waals surface area contributed by atoms with E-state index in [0.29, 0.717) is 0 Å². The zero-order valence-electron chi connectivity index (χ0n) is 17.9. The van der Waals surface area contributed by atoms with Crippen molar-refractivity contribution < 1.29 is 4.74 Å². The van der Waals surface area contributed by atoms with Crippen LogP contribution in [0.15, 0.2) is 30.7 Å². The minimum Gasteiger partial charge on any atom is -0.381 e. The Balaban J connectivity index is 0.00000280. The van der Waals surface area contributed by atoms with Gasteiger partial charge in [0.1, 0.15) is 5.82 Å². The molecule has 0 unspecified atom stereocenters. The number of hydrogen-bond donors (Lipinski definition) is 0. The van der Waals surface area contributed by atoms with E-state index in [-0.39, 0.29) is 23.4 Å². The van der Waals surface area contributed by atoms with Crippen molar-refractivity contribution in [3.8, 4) is 0 Å². The number of ether oxygens (including phenoxy) is 1. The first-order valence-corrected chi connectivity index (χ1v) is 10.1. The molecule has 2 aromatic heterocycles. The molecule has 1 fully saturated rings. The van der Waals surface area contributed by atoms with Crippen LogP contribution in [0.2, 0.25) is 0 Å². The Morgan fingerprint density at radius 1 is 1.25 bits per heavy atom. The molecule has 3 rings (SSSR count). The summed E-state index contributed by atoms with van der Waals surface area (Å²) in [5.41, 5.74) is 2.51. The van der Waals surface area contributed by atoms with Gasteiger partial charge in [0.15, 0.2) is 0 Å². The average molecular weight is 407 g/mol. The van der Waals surface area contributed by atoms with Gasteiger partial charge in [-0.1, -0.05) is 6.07 Å². The van der Waals surface area contributed by atoms with Crippen LogP contribution < -0.4 is 0 Å². The highest BCUT2D eigenvalue weighted by atomic mass is 35.5. The third-order valence-corrected chi connectivity index (χ3v) is 6.26. The van der Waals surface area contributed by atoms with Gasteiger partial charge in [-0.3, -0.25) is 9.88 Å². The molecule has 0 saturated carbocycles. The number of likely N-dealkylation sites (tertiary alicyclic amines) is 1. The molecule has 0 N–H and O–H groups in total. The highest BCUT2D eigenvalue weighted by Crippen LogP contribution is 2.41. The first-order valence-electron chi connectivity index (χ1n) is 10.1. The highest BCUT2D eigenvalue weighted by Gasteiger charge is 2.43. The summed E-state index contributed by atoms with van der Waals surface area (Å²) in [4.78, 5) is 11.6. The number of halogens is 1. The molecule has 0 radical (unpaired) electrons. The zero-order valence-corrected chi connectivity index (χ0v) is 18.8. The molecule has 2 aromatic rings. The van der Waals surface area contributed by atoms with Crippen LogP contribution in [0.5, 0.6) is 0 Å². The minimum absolute atomic E-state index is 0. The second-order valence-electron chi connectivity index (χ2n) is 8.51. The van der Waals surface area contributed by atoms with Crippen molar-refractivity contribution in [2.24, 2.45) is 12.5 Å². The number of imidazole rings is 1. The first kappa shape index (κ1) is 22.9. The van der Waals surface area contributed by atoms with Crippen LogP contribution in [-0.4, -0.2) is 45.7 Å². The fourth-order valence-electron chi connectivity index (χ4n) is 4.15. The number of nitrogens with zero attached hydrogens (tertiary/aromatic N) is 4. The summed E-state index contributed by atoms with van der Waals surface area (Å²) < 4.78 is 8.07. The van der Waals surface area contributed by atoms with Crippen LogP contribution in [0.25, 0.3) is 0 Å².